The van der Waals surface area contributed by atoms with Crippen LogP contribution >= 0.6 is 0 Å². The summed E-state index contributed by atoms with van der Waals surface area (Å²) in [5.74, 6) is 0.649. The molecule has 1 aliphatic rings. The highest BCUT2D eigenvalue weighted by molar-refractivity contribution is 5.99. The van der Waals surface area contributed by atoms with Crippen molar-refractivity contribution in [1.82, 2.24) is 4.98 Å². The summed E-state index contributed by atoms with van der Waals surface area (Å²) in [5.41, 5.74) is 4.33. The van der Waals surface area contributed by atoms with Crippen molar-refractivity contribution in [2.75, 3.05) is 12.0 Å². The van der Waals surface area contributed by atoms with Crippen molar-refractivity contribution >= 4 is 23.1 Å². The third-order valence-electron chi connectivity index (χ3n) is 5.02. The fraction of sp³-hybridized carbons (Fsp3) is 0.0800. The van der Waals surface area contributed by atoms with Crippen molar-refractivity contribution < 1.29 is 9.53 Å². The van der Waals surface area contributed by atoms with Gasteiger partial charge >= 0.3 is 0 Å². The van der Waals surface area contributed by atoms with Crippen LogP contribution in [0.1, 0.15) is 16.8 Å². The molecule has 1 atom stereocenters. The van der Waals surface area contributed by atoms with Gasteiger partial charge in [0.1, 0.15) is 18.1 Å². The Kier molecular flexibility index (Phi) is 5.40. The molecular weight excluding hydrogens is 374 g/mol. The number of carbonyl (C=O) groups is 1. The van der Waals surface area contributed by atoms with Crippen LogP contribution in [0.4, 0.5) is 5.69 Å². The Balaban J connectivity index is 1.95. The summed E-state index contributed by atoms with van der Waals surface area (Å²) in [4.78, 5) is 18.7. The number of hydrogen-bond acceptors (Lipinski definition) is 5. The molecular formula is C25H19N3O2. The van der Waals surface area contributed by atoms with Gasteiger partial charge in [0.2, 0.25) is 0 Å². The molecule has 1 unspecified atom stereocenters. The minimum Gasteiger partial charge on any atom is -0.495 e. The van der Waals surface area contributed by atoms with Gasteiger partial charge in [0.25, 0.3) is 0 Å². The molecule has 146 valence electrons. The first-order valence-electron chi connectivity index (χ1n) is 9.47. The summed E-state index contributed by atoms with van der Waals surface area (Å²) in [6.45, 7) is 0. The van der Waals surface area contributed by atoms with Gasteiger partial charge in [-0.25, -0.2) is 0 Å². The molecule has 4 rings (SSSR count). The number of pyridine rings is 1. The van der Waals surface area contributed by atoms with Crippen LogP contribution < -0.4 is 9.64 Å². The summed E-state index contributed by atoms with van der Waals surface area (Å²) in [6, 6.07) is 22.1. The van der Waals surface area contributed by atoms with Gasteiger partial charge in [-0.15, -0.1) is 0 Å². The molecule has 0 saturated heterocycles. The molecule has 5 heteroatoms. The Morgan fingerprint density at radius 3 is 2.57 bits per heavy atom. The van der Waals surface area contributed by atoms with Gasteiger partial charge in [-0.1, -0.05) is 36.4 Å². The number of hydrogen-bond donors (Lipinski definition) is 0. The van der Waals surface area contributed by atoms with Crippen LogP contribution in [0.5, 0.6) is 5.75 Å². The van der Waals surface area contributed by atoms with Crippen LogP contribution in [-0.2, 0) is 4.79 Å². The zero-order valence-electron chi connectivity index (χ0n) is 16.4. The molecule has 1 aromatic heterocycles. The summed E-state index contributed by atoms with van der Waals surface area (Å²) in [5, 5.41) is 9.63. The van der Waals surface area contributed by atoms with Crippen LogP contribution in [0.2, 0.25) is 0 Å². The van der Waals surface area contributed by atoms with E-state index in [1.807, 2.05) is 77.8 Å². The quantitative estimate of drug-likeness (QED) is 0.598. The second-order valence-corrected chi connectivity index (χ2v) is 6.72. The van der Waals surface area contributed by atoms with E-state index >= 15 is 0 Å². The molecule has 3 aromatic rings. The van der Waals surface area contributed by atoms with Crippen LogP contribution in [0.3, 0.4) is 0 Å². The molecule has 0 fully saturated rings. The fourth-order valence-corrected chi connectivity index (χ4v) is 3.61. The number of para-hydroxylation sites is 2. The van der Waals surface area contributed by atoms with Gasteiger partial charge in [-0.05, 0) is 47.5 Å². The summed E-state index contributed by atoms with van der Waals surface area (Å²) in [7, 11) is 1.60. The van der Waals surface area contributed by atoms with Gasteiger partial charge in [0.05, 0.1) is 30.1 Å². The van der Waals surface area contributed by atoms with E-state index < -0.39 is 6.04 Å². The number of anilines is 1. The Labute approximate surface area is 175 Å². The number of carbonyl (C=O) groups excluding carboxylic acids is 1. The van der Waals surface area contributed by atoms with E-state index in [1.165, 1.54) is 0 Å². The number of nitrogens with zero attached hydrogens (tertiary/aromatic N) is 3. The molecule has 0 bridgehead atoms. The molecule has 1 aliphatic heterocycles. The molecule has 0 aliphatic carbocycles. The highest BCUT2D eigenvalue weighted by Gasteiger charge is 2.30. The third kappa shape index (κ3) is 3.47. The number of aldehydes is 1. The van der Waals surface area contributed by atoms with Crippen molar-refractivity contribution in [2.45, 2.75) is 6.04 Å². The molecule has 5 nitrogen and oxygen atoms in total. The van der Waals surface area contributed by atoms with Crippen LogP contribution in [0, 0.1) is 11.3 Å². The number of methoxy groups -OCH3 is 1. The first kappa shape index (κ1) is 19.2. The van der Waals surface area contributed by atoms with Crippen molar-refractivity contribution in [3.05, 3.63) is 102 Å². The molecule has 0 N–H and O–H groups in total. The zero-order chi connectivity index (χ0) is 20.9. The minimum atomic E-state index is -0.622. The van der Waals surface area contributed by atoms with Gasteiger partial charge in [-0.2, -0.15) is 5.26 Å². The standard InChI is InChI=1S/C25H19N3O2/c1-30-25-12-5-4-11-23(25)28-16-19(22-10-6-7-13-27-22)14-21(24(28)17-29)20-9-3-2-8-18(20)15-26/h2-14,16-17,24H,1H3. The van der Waals surface area contributed by atoms with Crippen molar-refractivity contribution in [3.63, 3.8) is 0 Å². The largest absolute Gasteiger partial charge is 0.495 e. The number of rotatable bonds is 5. The van der Waals surface area contributed by atoms with E-state index in [0.717, 1.165) is 34.4 Å². The molecule has 2 aromatic carbocycles. The summed E-state index contributed by atoms with van der Waals surface area (Å²) in [6.07, 6.45) is 6.45. The molecule has 0 amide bonds. The number of nitriles is 1. The lowest BCUT2D eigenvalue weighted by Crippen LogP contribution is -2.36. The van der Waals surface area contributed by atoms with Gasteiger partial charge < -0.3 is 14.4 Å². The SMILES string of the molecule is COc1ccccc1N1C=C(c2ccccn2)C=C(c2ccccc2C#N)C1C=O. The average Bonchev–Trinajstić information content (AvgIpc) is 2.83. The van der Waals surface area contributed by atoms with Gasteiger partial charge in [-0.3, -0.25) is 4.98 Å². The van der Waals surface area contributed by atoms with Crippen molar-refractivity contribution in [1.29, 1.82) is 5.26 Å². The first-order valence-corrected chi connectivity index (χ1v) is 9.47. The van der Waals surface area contributed by atoms with Gasteiger partial charge in [0, 0.05) is 18.0 Å². The Bertz CT molecular complexity index is 1180. The predicted molar refractivity (Wildman–Crippen MR) is 117 cm³/mol. The van der Waals surface area contributed by atoms with E-state index in [1.54, 1.807) is 19.4 Å². The van der Waals surface area contributed by atoms with Crippen molar-refractivity contribution in [2.24, 2.45) is 0 Å². The monoisotopic (exact) mass is 393 g/mol. The normalized spacial score (nSPS) is 15.6. The molecule has 30 heavy (non-hydrogen) atoms. The van der Waals surface area contributed by atoms with Crippen LogP contribution in [-0.4, -0.2) is 24.4 Å². The second-order valence-electron chi connectivity index (χ2n) is 6.72. The topological polar surface area (TPSA) is 66.2 Å². The summed E-state index contributed by atoms with van der Waals surface area (Å²) >= 11 is 0. The van der Waals surface area contributed by atoms with Gasteiger partial charge in [0.15, 0.2) is 0 Å². The molecule has 0 radical (unpaired) electrons. The van der Waals surface area contributed by atoms with E-state index in [2.05, 4.69) is 11.1 Å². The molecule has 2 heterocycles. The van der Waals surface area contributed by atoms with E-state index in [4.69, 9.17) is 4.74 Å². The second kappa shape index (κ2) is 8.46. The number of aromatic nitrogens is 1. The Morgan fingerprint density at radius 1 is 1.07 bits per heavy atom. The number of ether oxygens (including phenoxy) is 1. The first-order chi connectivity index (χ1) is 14.8. The fourth-order valence-electron chi connectivity index (χ4n) is 3.61. The van der Waals surface area contributed by atoms with E-state index in [9.17, 15) is 10.1 Å². The smallest absolute Gasteiger partial charge is 0.147 e. The number of allylic oxidation sites excluding steroid dienone is 2. The predicted octanol–water partition coefficient (Wildman–Crippen LogP) is 4.47. The highest BCUT2D eigenvalue weighted by Crippen LogP contribution is 2.38. The highest BCUT2D eigenvalue weighted by atomic mass is 16.5. The molecule has 0 spiro atoms. The van der Waals surface area contributed by atoms with E-state index in [-0.39, 0.29) is 0 Å². The lowest BCUT2D eigenvalue weighted by atomic mass is 9.89. The summed E-state index contributed by atoms with van der Waals surface area (Å²) < 4.78 is 5.54. The maximum atomic E-state index is 12.3. The zero-order valence-corrected chi connectivity index (χ0v) is 16.4. The maximum absolute atomic E-state index is 12.3. The van der Waals surface area contributed by atoms with Crippen LogP contribution in [0.25, 0.3) is 11.1 Å². The minimum absolute atomic E-state index is 0.512. The molecule has 0 saturated carbocycles. The lowest BCUT2D eigenvalue weighted by Gasteiger charge is -2.34. The van der Waals surface area contributed by atoms with E-state index in [0.29, 0.717) is 11.3 Å². The van der Waals surface area contributed by atoms with Crippen molar-refractivity contribution in [3.8, 4) is 11.8 Å². The lowest BCUT2D eigenvalue weighted by molar-refractivity contribution is -0.107. The number of benzene rings is 2. The average molecular weight is 393 g/mol. The van der Waals surface area contributed by atoms with Crippen LogP contribution in [0.15, 0.2) is 85.2 Å². The Hall–Kier alpha value is -4.17. The third-order valence-corrected chi connectivity index (χ3v) is 5.02. The Morgan fingerprint density at radius 2 is 1.83 bits per heavy atom. The maximum Gasteiger partial charge on any atom is 0.147 e.